The number of rotatable bonds is 1. The fourth-order valence-electron chi connectivity index (χ4n) is 3.89. The largest absolute Gasteiger partial charge is 0.458 e. The summed E-state index contributed by atoms with van der Waals surface area (Å²) in [6.07, 6.45) is 9.73. The van der Waals surface area contributed by atoms with Crippen molar-refractivity contribution in [2.75, 3.05) is 5.32 Å². The minimum Gasteiger partial charge on any atom is -0.458 e. The van der Waals surface area contributed by atoms with Crippen molar-refractivity contribution in [3.63, 3.8) is 0 Å². The molecular formula is C22H18ClNO. The number of benzene rings is 2. The van der Waals surface area contributed by atoms with Crippen LogP contribution < -0.4 is 5.32 Å². The molecule has 2 aromatic carbocycles. The van der Waals surface area contributed by atoms with E-state index in [4.69, 9.17) is 16.0 Å². The average molecular weight is 348 g/mol. The molecule has 0 fully saturated rings. The second-order valence-electron chi connectivity index (χ2n) is 6.65. The third-order valence-corrected chi connectivity index (χ3v) is 5.42. The number of fused-ring (bicyclic) bond motifs is 4. The van der Waals surface area contributed by atoms with E-state index in [2.05, 4.69) is 41.7 Å². The van der Waals surface area contributed by atoms with Gasteiger partial charge in [0.25, 0.3) is 0 Å². The molecule has 2 heterocycles. The molecule has 3 aromatic rings. The van der Waals surface area contributed by atoms with E-state index in [0.29, 0.717) is 0 Å². The predicted octanol–water partition coefficient (Wildman–Crippen LogP) is 6.42. The molecule has 2 aliphatic rings. The van der Waals surface area contributed by atoms with Gasteiger partial charge in [0.15, 0.2) is 0 Å². The van der Waals surface area contributed by atoms with Crippen LogP contribution in [0, 0.1) is 0 Å². The van der Waals surface area contributed by atoms with Crippen molar-refractivity contribution in [3.05, 3.63) is 88.2 Å². The highest BCUT2D eigenvalue weighted by Crippen LogP contribution is 2.43. The number of hydrogen-bond donors (Lipinski definition) is 1. The second kappa shape index (κ2) is 5.82. The smallest absolute Gasteiger partial charge is 0.135 e. The molecule has 0 radical (unpaired) electrons. The summed E-state index contributed by atoms with van der Waals surface area (Å²) in [4.78, 5) is 0. The van der Waals surface area contributed by atoms with E-state index in [1.165, 1.54) is 22.1 Å². The Labute approximate surface area is 151 Å². The number of allylic oxidation sites excluding steroid dienone is 2. The molecule has 2 nitrogen and oxygen atoms in total. The van der Waals surface area contributed by atoms with Gasteiger partial charge in [0, 0.05) is 17.4 Å². The van der Waals surface area contributed by atoms with Crippen molar-refractivity contribution in [2.24, 2.45) is 0 Å². The highest BCUT2D eigenvalue weighted by Gasteiger charge is 2.30. The van der Waals surface area contributed by atoms with E-state index in [9.17, 15) is 0 Å². The fourth-order valence-corrected chi connectivity index (χ4v) is 4.14. The SMILES string of the molecule is Clc1cccc2c1NC(C1=CCCC=C1)c1oc3ccccc3c1C2. The van der Waals surface area contributed by atoms with Gasteiger partial charge < -0.3 is 9.73 Å². The topological polar surface area (TPSA) is 25.2 Å². The van der Waals surface area contributed by atoms with Crippen LogP contribution in [0.2, 0.25) is 5.02 Å². The van der Waals surface area contributed by atoms with Gasteiger partial charge in [-0.05, 0) is 36.1 Å². The van der Waals surface area contributed by atoms with Gasteiger partial charge in [0.05, 0.1) is 10.7 Å². The number of para-hydroxylation sites is 2. The summed E-state index contributed by atoms with van der Waals surface area (Å²) >= 11 is 6.52. The minimum absolute atomic E-state index is 0.0138. The van der Waals surface area contributed by atoms with Crippen LogP contribution in [-0.4, -0.2) is 0 Å². The molecule has 1 atom stereocenters. The third kappa shape index (κ3) is 2.40. The number of anilines is 1. The molecule has 1 aliphatic heterocycles. The first-order valence-electron chi connectivity index (χ1n) is 8.72. The summed E-state index contributed by atoms with van der Waals surface area (Å²) in [6.45, 7) is 0. The first kappa shape index (κ1) is 14.9. The van der Waals surface area contributed by atoms with Gasteiger partial charge in [-0.2, -0.15) is 0 Å². The zero-order chi connectivity index (χ0) is 16.8. The summed E-state index contributed by atoms with van der Waals surface area (Å²) in [6, 6.07) is 14.4. The fraction of sp³-hybridized carbons (Fsp3) is 0.182. The molecule has 1 aliphatic carbocycles. The number of nitrogens with one attached hydrogen (secondary N) is 1. The molecule has 1 unspecified atom stereocenters. The Morgan fingerprint density at radius 3 is 2.84 bits per heavy atom. The van der Waals surface area contributed by atoms with Crippen LogP contribution in [0.1, 0.15) is 35.8 Å². The maximum atomic E-state index is 6.52. The third-order valence-electron chi connectivity index (χ3n) is 5.10. The van der Waals surface area contributed by atoms with Gasteiger partial charge in [0.2, 0.25) is 0 Å². The Kier molecular flexibility index (Phi) is 3.46. The van der Waals surface area contributed by atoms with Crippen molar-refractivity contribution in [1.29, 1.82) is 0 Å². The summed E-state index contributed by atoms with van der Waals surface area (Å²) in [5.74, 6) is 1.01. The number of hydrogen-bond acceptors (Lipinski definition) is 2. The maximum Gasteiger partial charge on any atom is 0.135 e. The number of furan rings is 1. The Bertz CT molecular complexity index is 1030. The first-order valence-corrected chi connectivity index (χ1v) is 9.10. The van der Waals surface area contributed by atoms with E-state index < -0.39 is 0 Å². The summed E-state index contributed by atoms with van der Waals surface area (Å²) in [7, 11) is 0. The highest BCUT2D eigenvalue weighted by molar-refractivity contribution is 6.33. The van der Waals surface area contributed by atoms with E-state index in [-0.39, 0.29) is 6.04 Å². The van der Waals surface area contributed by atoms with Crippen molar-refractivity contribution in [1.82, 2.24) is 0 Å². The molecular weight excluding hydrogens is 330 g/mol. The van der Waals surface area contributed by atoms with Gasteiger partial charge >= 0.3 is 0 Å². The lowest BCUT2D eigenvalue weighted by Crippen LogP contribution is -2.13. The Balaban J connectivity index is 1.77. The Morgan fingerprint density at radius 2 is 1.96 bits per heavy atom. The van der Waals surface area contributed by atoms with Crippen molar-refractivity contribution in [3.8, 4) is 0 Å². The molecule has 0 bridgehead atoms. The summed E-state index contributed by atoms with van der Waals surface area (Å²) in [5.41, 5.74) is 5.69. The average Bonchev–Trinajstić information content (AvgIpc) is 2.91. The molecule has 0 amide bonds. The Hall–Kier alpha value is -2.45. The number of halogens is 1. The van der Waals surface area contributed by atoms with E-state index in [1.807, 2.05) is 24.3 Å². The van der Waals surface area contributed by atoms with E-state index in [0.717, 1.165) is 41.3 Å². The summed E-state index contributed by atoms with van der Waals surface area (Å²) < 4.78 is 6.33. The van der Waals surface area contributed by atoms with Crippen LogP contribution in [0.5, 0.6) is 0 Å². The highest BCUT2D eigenvalue weighted by atomic mass is 35.5. The zero-order valence-corrected chi connectivity index (χ0v) is 14.5. The zero-order valence-electron chi connectivity index (χ0n) is 13.8. The van der Waals surface area contributed by atoms with Crippen molar-refractivity contribution in [2.45, 2.75) is 25.3 Å². The van der Waals surface area contributed by atoms with Crippen LogP contribution in [0.15, 0.2) is 70.7 Å². The van der Waals surface area contributed by atoms with Gasteiger partial charge in [-0.3, -0.25) is 0 Å². The van der Waals surface area contributed by atoms with Crippen molar-refractivity contribution < 1.29 is 4.42 Å². The van der Waals surface area contributed by atoms with Crippen LogP contribution in [-0.2, 0) is 6.42 Å². The monoisotopic (exact) mass is 347 g/mol. The van der Waals surface area contributed by atoms with Crippen molar-refractivity contribution >= 4 is 28.3 Å². The van der Waals surface area contributed by atoms with Crippen LogP contribution in [0.4, 0.5) is 5.69 Å². The second-order valence-corrected chi connectivity index (χ2v) is 7.06. The molecule has 0 spiro atoms. The molecule has 124 valence electrons. The molecule has 0 saturated carbocycles. The van der Waals surface area contributed by atoms with Gasteiger partial charge in [-0.15, -0.1) is 0 Å². The maximum absolute atomic E-state index is 6.52. The lowest BCUT2D eigenvalue weighted by atomic mass is 9.95. The standard InChI is InChI=1S/C22H18ClNO/c23-18-11-6-9-15-13-17-16-10-4-5-12-19(16)25-22(17)21(24-20(15)18)14-7-2-1-3-8-14/h2,4-12,21,24H,1,3,13H2. The van der Waals surface area contributed by atoms with E-state index in [1.54, 1.807) is 0 Å². The molecule has 3 heteroatoms. The minimum atomic E-state index is -0.0138. The molecule has 0 saturated heterocycles. The van der Waals surface area contributed by atoms with Crippen LogP contribution >= 0.6 is 11.6 Å². The summed E-state index contributed by atoms with van der Waals surface area (Å²) in [5, 5.41) is 5.62. The molecule has 1 N–H and O–H groups in total. The molecule has 5 rings (SSSR count). The van der Waals surface area contributed by atoms with Gasteiger partial charge in [-0.1, -0.05) is 60.2 Å². The quantitative estimate of drug-likeness (QED) is 0.549. The van der Waals surface area contributed by atoms with Crippen LogP contribution in [0.3, 0.4) is 0 Å². The normalized spacial score (nSPS) is 18.9. The van der Waals surface area contributed by atoms with Gasteiger partial charge in [-0.25, -0.2) is 0 Å². The molecule has 1 aromatic heterocycles. The lowest BCUT2D eigenvalue weighted by Gasteiger charge is -2.21. The Morgan fingerprint density at radius 1 is 1.04 bits per heavy atom. The predicted molar refractivity (Wildman–Crippen MR) is 103 cm³/mol. The van der Waals surface area contributed by atoms with Crippen LogP contribution in [0.25, 0.3) is 11.0 Å². The molecule has 25 heavy (non-hydrogen) atoms. The lowest BCUT2D eigenvalue weighted by molar-refractivity contribution is 0.531. The first-order chi connectivity index (χ1) is 12.3. The van der Waals surface area contributed by atoms with E-state index >= 15 is 0 Å². The van der Waals surface area contributed by atoms with Gasteiger partial charge in [0.1, 0.15) is 17.4 Å².